The van der Waals surface area contributed by atoms with E-state index in [9.17, 15) is 30.4 Å². The molecule has 1 amide bonds. The number of likely N-dealkylation sites (N-methyl/N-ethyl adjacent to an activating group) is 1. The topological polar surface area (TPSA) is 164 Å². The van der Waals surface area contributed by atoms with E-state index in [1.165, 1.54) is 11.1 Å². The number of carbonyl (C=O) groups excluding carboxylic acids is 1. The van der Waals surface area contributed by atoms with Crippen LogP contribution in [-0.2, 0) is 4.79 Å². The number of nitro benzene ring substituents is 1. The van der Waals surface area contributed by atoms with Gasteiger partial charge in [0, 0.05) is 18.8 Å². The summed E-state index contributed by atoms with van der Waals surface area (Å²) in [5.41, 5.74) is -1.06. The second kappa shape index (κ2) is 10.3. The molecule has 0 bridgehead atoms. The average molecular weight is 385 g/mol. The predicted octanol–water partition coefficient (Wildman–Crippen LogP) is 2.13. The summed E-state index contributed by atoms with van der Waals surface area (Å²) in [4.78, 5) is 27.9. The van der Waals surface area contributed by atoms with Gasteiger partial charge in [-0.2, -0.15) is 10.5 Å². The van der Waals surface area contributed by atoms with Crippen molar-refractivity contribution in [1.82, 2.24) is 4.90 Å². The van der Waals surface area contributed by atoms with Crippen LogP contribution in [0, 0.1) is 32.8 Å². The van der Waals surface area contributed by atoms with E-state index in [-0.39, 0.29) is 24.2 Å². The summed E-state index contributed by atoms with van der Waals surface area (Å²) in [6.07, 6.45) is 3.03. The van der Waals surface area contributed by atoms with Crippen LogP contribution < -0.4 is 0 Å². The summed E-state index contributed by atoms with van der Waals surface area (Å²) in [5, 5.41) is 48.2. The van der Waals surface area contributed by atoms with Gasteiger partial charge in [0.25, 0.3) is 5.91 Å². The van der Waals surface area contributed by atoms with Crippen LogP contribution in [0.5, 0.6) is 11.5 Å². The molecule has 1 aromatic carbocycles. The van der Waals surface area contributed by atoms with Crippen molar-refractivity contribution in [3.63, 3.8) is 0 Å². The first-order valence-electron chi connectivity index (χ1n) is 8.31. The maximum atomic E-state index is 12.6. The van der Waals surface area contributed by atoms with Crippen LogP contribution in [0.15, 0.2) is 22.7 Å². The van der Waals surface area contributed by atoms with Crippen molar-refractivity contribution in [2.75, 3.05) is 13.1 Å². The number of aromatic hydroxyl groups is 2. The highest BCUT2D eigenvalue weighted by Crippen LogP contribution is 2.36. The molecular formula is C18H19N5O5. The Balaban J connectivity index is 3.15. The van der Waals surface area contributed by atoms with Crippen LogP contribution in [0.25, 0.3) is 6.08 Å². The van der Waals surface area contributed by atoms with Crippen LogP contribution in [0.1, 0.15) is 25.8 Å². The maximum Gasteiger partial charge on any atom is 0.315 e. The van der Waals surface area contributed by atoms with E-state index in [2.05, 4.69) is 4.99 Å². The summed E-state index contributed by atoms with van der Waals surface area (Å²) >= 11 is 0. The van der Waals surface area contributed by atoms with Crippen LogP contribution in [-0.4, -0.2) is 51.3 Å². The van der Waals surface area contributed by atoms with E-state index < -0.39 is 34.1 Å². The van der Waals surface area contributed by atoms with Crippen molar-refractivity contribution in [3.8, 4) is 23.6 Å². The zero-order valence-corrected chi connectivity index (χ0v) is 15.4. The Morgan fingerprint density at radius 1 is 1.39 bits per heavy atom. The molecular weight excluding hydrogens is 366 g/mol. The van der Waals surface area contributed by atoms with Gasteiger partial charge in [-0.15, -0.1) is 0 Å². The lowest BCUT2D eigenvalue weighted by Crippen LogP contribution is -2.33. The number of phenolic OH excluding ortho intramolecular Hbond substituents is 2. The summed E-state index contributed by atoms with van der Waals surface area (Å²) in [6, 6.07) is 5.16. The third kappa shape index (κ3) is 5.54. The third-order valence-corrected chi connectivity index (χ3v) is 3.74. The molecule has 0 saturated heterocycles. The highest BCUT2D eigenvalue weighted by Gasteiger charge is 2.20. The van der Waals surface area contributed by atoms with E-state index in [0.717, 1.165) is 18.2 Å². The summed E-state index contributed by atoms with van der Waals surface area (Å²) in [5.74, 6) is -2.29. The van der Waals surface area contributed by atoms with Gasteiger partial charge in [-0.3, -0.25) is 19.9 Å². The molecule has 1 rings (SSSR count). The molecule has 0 saturated carbocycles. The lowest BCUT2D eigenvalue weighted by Gasteiger charge is -2.18. The minimum Gasteiger partial charge on any atom is -0.504 e. The third-order valence-electron chi connectivity index (χ3n) is 3.74. The van der Waals surface area contributed by atoms with Gasteiger partial charge >= 0.3 is 5.69 Å². The van der Waals surface area contributed by atoms with Gasteiger partial charge < -0.3 is 15.1 Å². The largest absolute Gasteiger partial charge is 0.504 e. The van der Waals surface area contributed by atoms with E-state index in [1.54, 1.807) is 19.9 Å². The van der Waals surface area contributed by atoms with Gasteiger partial charge in [0.2, 0.25) is 5.75 Å². The molecule has 0 aliphatic rings. The average Bonchev–Trinajstić information content (AvgIpc) is 2.68. The Bertz CT molecular complexity index is 895. The first kappa shape index (κ1) is 22.1. The van der Waals surface area contributed by atoms with E-state index in [4.69, 9.17) is 5.26 Å². The molecule has 0 spiro atoms. The number of nitriles is 2. The van der Waals surface area contributed by atoms with Gasteiger partial charge in [-0.05, 0) is 31.1 Å². The molecule has 0 aromatic heterocycles. The molecule has 146 valence electrons. The molecule has 0 fully saturated rings. The quantitative estimate of drug-likeness (QED) is 0.173. The molecule has 1 atom stereocenters. The maximum absolute atomic E-state index is 12.6. The highest BCUT2D eigenvalue weighted by molar-refractivity contribution is 6.02. The van der Waals surface area contributed by atoms with Gasteiger partial charge in [-0.1, -0.05) is 6.92 Å². The Morgan fingerprint density at radius 3 is 2.57 bits per heavy atom. The highest BCUT2D eigenvalue weighted by atomic mass is 16.6. The van der Waals surface area contributed by atoms with Crippen molar-refractivity contribution < 1.29 is 19.9 Å². The fourth-order valence-electron chi connectivity index (χ4n) is 2.19. The van der Waals surface area contributed by atoms with Gasteiger partial charge in [0.1, 0.15) is 17.7 Å². The monoisotopic (exact) mass is 385 g/mol. The second-order valence-electron chi connectivity index (χ2n) is 5.56. The zero-order chi connectivity index (χ0) is 21.3. The second-order valence-corrected chi connectivity index (χ2v) is 5.56. The molecule has 10 nitrogen and oxygen atoms in total. The van der Waals surface area contributed by atoms with Gasteiger partial charge in [0.05, 0.1) is 17.5 Å². The Hall–Kier alpha value is -3.92. The summed E-state index contributed by atoms with van der Waals surface area (Å²) < 4.78 is 0. The number of nitrogens with zero attached hydrogens (tertiary/aromatic N) is 5. The normalized spacial score (nSPS) is 12.2. The first-order valence-corrected chi connectivity index (χ1v) is 8.31. The van der Waals surface area contributed by atoms with Crippen LogP contribution in [0.4, 0.5) is 5.69 Å². The van der Waals surface area contributed by atoms with E-state index in [1.807, 2.05) is 6.07 Å². The number of amides is 1. The molecule has 1 aromatic rings. The molecule has 2 N–H and O–H groups in total. The number of carbonyl (C=O) groups is 1. The number of nitro groups is 1. The summed E-state index contributed by atoms with van der Waals surface area (Å²) in [7, 11) is 0. The zero-order valence-electron chi connectivity index (χ0n) is 15.4. The van der Waals surface area contributed by atoms with Crippen molar-refractivity contribution in [2.45, 2.75) is 26.3 Å². The Morgan fingerprint density at radius 2 is 2.07 bits per heavy atom. The standard InChI is InChI=1S/C18H19N5O5/c1-3-14(11-20)21-5-6-22(4-2)18(26)13(10-19)7-12-8-15(23(27)28)17(25)16(24)9-12/h5,7-9,14,24-25H,3-4,6H2,1-2H3/b13-7+,21-5?/t14-/m1/s1. The predicted molar refractivity (Wildman–Crippen MR) is 100 cm³/mol. The minimum absolute atomic E-state index is 0.00662. The molecule has 0 radical (unpaired) electrons. The number of hydrogen-bond acceptors (Lipinski definition) is 8. The molecule has 0 unspecified atom stereocenters. The molecule has 28 heavy (non-hydrogen) atoms. The van der Waals surface area contributed by atoms with Crippen molar-refractivity contribution in [1.29, 1.82) is 10.5 Å². The molecule has 0 aliphatic carbocycles. The fourth-order valence-corrected chi connectivity index (χ4v) is 2.19. The molecule has 0 heterocycles. The van der Waals surface area contributed by atoms with Gasteiger partial charge in [0.15, 0.2) is 5.75 Å². The number of rotatable bonds is 8. The summed E-state index contributed by atoms with van der Waals surface area (Å²) in [6.45, 7) is 3.83. The molecule has 0 aliphatic heterocycles. The molecule has 10 heteroatoms. The fraction of sp³-hybridized carbons (Fsp3) is 0.333. The van der Waals surface area contributed by atoms with Crippen LogP contribution >= 0.6 is 0 Å². The lowest BCUT2D eigenvalue weighted by atomic mass is 10.1. The van der Waals surface area contributed by atoms with Crippen molar-refractivity contribution >= 4 is 23.9 Å². The minimum atomic E-state index is -0.902. The number of aliphatic imine (C=N–C) groups is 1. The number of benzene rings is 1. The van der Waals surface area contributed by atoms with Gasteiger partial charge in [-0.25, -0.2) is 0 Å². The van der Waals surface area contributed by atoms with Crippen LogP contribution in [0.2, 0.25) is 0 Å². The van der Waals surface area contributed by atoms with E-state index >= 15 is 0 Å². The Labute approximate surface area is 161 Å². The number of hydrogen-bond donors (Lipinski definition) is 2. The van der Waals surface area contributed by atoms with Crippen molar-refractivity contribution in [3.05, 3.63) is 33.4 Å². The SMILES string of the molecule is CC[C@H](C#N)N=CCN(CC)C(=O)/C(C#N)=C/c1cc(O)c(O)c([N+](=O)[O-])c1. The van der Waals surface area contributed by atoms with Crippen molar-refractivity contribution in [2.24, 2.45) is 4.99 Å². The smallest absolute Gasteiger partial charge is 0.315 e. The Kier molecular flexibility index (Phi) is 8.12. The first-order chi connectivity index (χ1) is 13.3. The van der Waals surface area contributed by atoms with E-state index in [0.29, 0.717) is 6.42 Å². The number of phenols is 2. The lowest BCUT2D eigenvalue weighted by molar-refractivity contribution is -0.386. The van der Waals surface area contributed by atoms with Crippen LogP contribution in [0.3, 0.4) is 0 Å².